The lowest BCUT2D eigenvalue weighted by atomic mass is 9.86. The fraction of sp³-hybridized carbons (Fsp3) is 0.842. The minimum Gasteiger partial charge on any atom is -0.466 e. The first-order valence-electron chi connectivity index (χ1n) is 9.97. The van der Waals surface area contributed by atoms with Crippen LogP contribution in [-0.2, 0) is 19.1 Å². The van der Waals surface area contributed by atoms with Crippen LogP contribution in [0.1, 0.15) is 46.0 Å². The van der Waals surface area contributed by atoms with Crippen LogP contribution >= 0.6 is 24.0 Å². The minimum absolute atomic E-state index is 0. The van der Waals surface area contributed by atoms with Crippen LogP contribution < -0.4 is 10.6 Å². The van der Waals surface area contributed by atoms with Gasteiger partial charge in [0.2, 0.25) is 5.91 Å². The molecule has 164 valence electrons. The maximum absolute atomic E-state index is 11.9. The van der Waals surface area contributed by atoms with Crippen LogP contribution in [0.3, 0.4) is 0 Å². The molecule has 0 aromatic carbocycles. The molecule has 0 unspecified atom stereocenters. The summed E-state index contributed by atoms with van der Waals surface area (Å²) in [5.74, 6) is 0.506. The third-order valence-corrected chi connectivity index (χ3v) is 4.52. The summed E-state index contributed by atoms with van der Waals surface area (Å²) in [7, 11) is 3.44. The van der Waals surface area contributed by atoms with Gasteiger partial charge in [0.05, 0.1) is 12.5 Å². The highest BCUT2D eigenvalue weighted by atomic mass is 127. The number of halogens is 1. The second-order valence-corrected chi connectivity index (χ2v) is 6.88. The van der Waals surface area contributed by atoms with Gasteiger partial charge in [0.25, 0.3) is 0 Å². The molecule has 0 aromatic heterocycles. The summed E-state index contributed by atoms with van der Waals surface area (Å²) in [5.41, 5.74) is 0. The molecule has 0 radical (unpaired) electrons. The summed E-state index contributed by atoms with van der Waals surface area (Å²) in [4.78, 5) is 29.6. The van der Waals surface area contributed by atoms with Crippen molar-refractivity contribution in [1.29, 1.82) is 0 Å². The lowest BCUT2D eigenvalue weighted by Crippen LogP contribution is -2.46. The highest BCUT2D eigenvalue weighted by Crippen LogP contribution is 2.25. The fourth-order valence-electron chi connectivity index (χ4n) is 2.89. The van der Waals surface area contributed by atoms with Crippen LogP contribution in [0.25, 0.3) is 0 Å². The molecule has 0 aliphatic heterocycles. The van der Waals surface area contributed by atoms with Gasteiger partial charge in [-0.1, -0.05) is 0 Å². The van der Waals surface area contributed by atoms with Gasteiger partial charge in [0.1, 0.15) is 6.54 Å². The van der Waals surface area contributed by atoms with Crippen molar-refractivity contribution >= 4 is 41.8 Å². The second kappa shape index (κ2) is 15.8. The van der Waals surface area contributed by atoms with Crippen molar-refractivity contribution in [2.75, 3.05) is 47.0 Å². The van der Waals surface area contributed by atoms with E-state index in [0.29, 0.717) is 25.8 Å². The number of nitrogens with one attached hydrogen (secondary N) is 2. The van der Waals surface area contributed by atoms with Crippen molar-refractivity contribution in [3.8, 4) is 0 Å². The molecule has 1 amide bonds. The number of hydrogen-bond donors (Lipinski definition) is 2. The molecule has 1 saturated carbocycles. The largest absolute Gasteiger partial charge is 0.466 e. The van der Waals surface area contributed by atoms with Gasteiger partial charge < -0.3 is 25.0 Å². The van der Waals surface area contributed by atoms with Crippen molar-refractivity contribution in [3.05, 3.63) is 0 Å². The van der Waals surface area contributed by atoms with E-state index in [-0.39, 0.29) is 54.4 Å². The van der Waals surface area contributed by atoms with Crippen LogP contribution in [0.15, 0.2) is 4.99 Å². The number of carbonyl (C=O) groups excluding carboxylic acids is 2. The highest BCUT2D eigenvalue weighted by Gasteiger charge is 2.27. The average molecular weight is 512 g/mol. The Hall–Kier alpha value is -1.10. The molecule has 28 heavy (non-hydrogen) atoms. The third-order valence-electron chi connectivity index (χ3n) is 4.52. The zero-order valence-electron chi connectivity index (χ0n) is 17.7. The number of esters is 1. The first-order valence-corrected chi connectivity index (χ1v) is 9.97. The number of rotatable bonds is 10. The molecule has 0 heterocycles. The van der Waals surface area contributed by atoms with Crippen molar-refractivity contribution in [2.24, 2.45) is 10.9 Å². The van der Waals surface area contributed by atoms with Crippen molar-refractivity contribution in [3.63, 3.8) is 0 Å². The molecule has 0 atom stereocenters. The quantitative estimate of drug-likeness (QED) is 0.153. The number of guanidine groups is 1. The summed E-state index contributed by atoms with van der Waals surface area (Å²) >= 11 is 0. The Kier molecular flexibility index (Phi) is 15.2. The first-order chi connectivity index (χ1) is 13.0. The number of hydrogen-bond acceptors (Lipinski definition) is 5. The second-order valence-electron chi connectivity index (χ2n) is 6.88. The van der Waals surface area contributed by atoms with Gasteiger partial charge in [-0.15, -0.1) is 24.0 Å². The molecule has 0 bridgehead atoms. The van der Waals surface area contributed by atoms with E-state index in [9.17, 15) is 9.59 Å². The standard InChI is InChI=1S/C19H36N4O4.HI/c1-5-26-13-7-12-20-19(21-14-17(24)23(3)4)22-16-10-8-15(9-11-16)18(25)27-6-2;/h15-16H,5-14H2,1-4H3,(H2,20,21,22);1H. The Morgan fingerprint density at radius 1 is 1.11 bits per heavy atom. The van der Waals surface area contributed by atoms with Gasteiger partial charge in [-0.05, 0) is 46.0 Å². The van der Waals surface area contributed by atoms with Crippen LogP contribution in [0.5, 0.6) is 0 Å². The molecule has 0 aromatic rings. The van der Waals surface area contributed by atoms with E-state index in [0.717, 1.165) is 38.6 Å². The Balaban J connectivity index is 0.00000729. The van der Waals surface area contributed by atoms with Gasteiger partial charge in [0, 0.05) is 39.9 Å². The molecule has 0 saturated heterocycles. The molecule has 2 N–H and O–H groups in total. The van der Waals surface area contributed by atoms with Gasteiger partial charge in [-0.3, -0.25) is 9.59 Å². The topological polar surface area (TPSA) is 92.3 Å². The number of ether oxygens (including phenoxy) is 2. The Labute approximate surface area is 186 Å². The van der Waals surface area contributed by atoms with E-state index in [1.54, 1.807) is 14.1 Å². The summed E-state index contributed by atoms with van der Waals surface area (Å²) in [6.45, 7) is 6.46. The number of likely N-dealkylation sites (N-methyl/N-ethyl adjacent to an activating group) is 1. The Morgan fingerprint density at radius 2 is 1.79 bits per heavy atom. The van der Waals surface area contributed by atoms with Crippen LogP contribution in [0.2, 0.25) is 0 Å². The molecular formula is C19H37IN4O4. The van der Waals surface area contributed by atoms with E-state index in [1.165, 1.54) is 4.90 Å². The molecule has 1 aliphatic carbocycles. The summed E-state index contributed by atoms with van der Waals surface area (Å²) in [5, 5.41) is 6.68. The summed E-state index contributed by atoms with van der Waals surface area (Å²) < 4.78 is 10.5. The van der Waals surface area contributed by atoms with Crippen molar-refractivity contribution in [1.82, 2.24) is 15.5 Å². The highest BCUT2D eigenvalue weighted by molar-refractivity contribution is 14.0. The summed E-state index contributed by atoms with van der Waals surface area (Å²) in [6, 6.07) is 0.239. The van der Waals surface area contributed by atoms with E-state index < -0.39 is 0 Å². The van der Waals surface area contributed by atoms with Crippen LogP contribution in [-0.4, -0.2) is 75.8 Å². The van der Waals surface area contributed by atoms with Gasteiger partial charge in [-0.25, -0.2) is 4.99 Å². The lowest BCUT2D eigenvalue weighted by Gasteiger charge is -2.29. The van der Waals surface area contributed by atoms with Crippen LogP contribution in [0.4, 0.5) is 0 Å². The van der Waals surface area contributed by atoms with Crippen molar-refractivity contribution < 1.29 is 19.1 Å². The van der Waals surface area contributed by atoms with Crippen LogP contribution in [0, 0.1) is 5.92 Å². The molecule has 8 nitrogen and oxygen atoms in total. The third kappa shape index (κ3) is 11.0. The molecule has 1 rings (SSSR count). The van der Waals surface area contributed by atoms with Gasteiger partial charge >= 0.3 is 5.97 Å². The van der Waals surface area contributed by atoms with Gasteiger partial charge in [0.15, 0.2) is 5.96 Å². The monoisotopic (exact) mass is 512 g/mol. The number of aliphatic imine (C=N–C) groups is 1. The van der Waals surface area contributed by atoms with Gasteiger partial charge in [-0.2, -0.15) is 0 Å². The number of amides is 1. The Morgan fingerprint density at radius 3 is 2.36 bits per heavy atom. The summed E-state index contributed by atoms with van der Waals surface area (Å²) in [6.07, 6.45) is 4.25. The normalized spacial score (nSPS) is 19.4. The van der Waals surface area contributed by atoms with E-state index in [4.69, 9.17) is 9.47 Å². The smallest absolute Gasteiger partial charge is 0.308 e. The molecule has 1 fully saturated rings. The average Bonchev–Trinajstić information content (AvgIpc) is 2.66. The molecule has 9 heteroatoms. The predicted octanol–water partition coefficient (Wildman–Crippen LogP) is 1.78. The maximum atomic E-state index is 11.9. The molecule has 0 spiro atoms. The maximum Gasteiger partial charge on any atom is 0.308 e. The SMILES string of the molecule is CCOCCCNC(=NCC(=O)N(C)C)NC1CCC(C(=O)OCC)CC1.I. The zero-order chi connectivity index (χ0) is 20.1. The number of carbonyl (C=O) groups is 2. The van der Waals surface area contributed by atoms with E-state index >= 15 is 0 Å². The fourth-order valence-corrected chi connectivity index (χ4v) is 2.89. The zero-order valence-corrected chi connectivity index (χ0v) is 20.0. The number of nitrogens with zero attached hydrogens (tertiary/aromatic N) is 2. The van der Waals surface area contributed by atoms with E-state index in [1.807, 2.05) is 13.8 Å². The minimum atomic E-state index is -0.0875. The Bertz CT molecular complexity index is 481. The predicted molar refractivity (Wildman–Crippen MR) is 121 cm³/mol. The lowest BCUT2D eigenvalue weighted by molar-refractivity contribution is -0.149. The van der Waals surface area contributed by atoms with E-state index in [2.05, 4.69) is 15.6 Å². The molecular weight excluding hydrogens is 475 g/mol. The van der Waals surface area contributed by atoms with Crippen molar-refractivity contribution in [2.45, 2.75) is 52.0 Å². The molecule has 1 aliphatic rings. The first kappa shape index (κ1) is 26.9.